The zero-order valence-electron chi connectivity index (χ0n) is 10.6. The Morgan fingerprint density at radius 3 is 2.79 bits per heavy atom. The van der Waals surface area contributed by atoms with E-state index in [0.717, 1.165) is 12.2 Å². The van der Waals surface area contributed by atoms with Gasteiger partial charge in [-0.25, -0.2) is 0 Å². The van der Waals surface area contributed by atoms with Crippen LogP contribution in [0.4, 0.5) is 0 Å². The third-order valence-electron chi connectivity index (χ3n) is 3.35. The van der Waals surface area contributed by atoms with Crippen LogP contribution in [-0.2, 0) is 6.42 Å². The van der Waals surface area contributed by atoms with Crippen molar-refractivity contribution in [1.82, 2.24) is 0 Å². The first-order valence-corrected chi connectivity index (χ1v) is 8.32. The van der Waals surface area contributed by atoms with Gasteiger partial charge >= 0.3 is 0 Å². The second kappa shape index (κ2) is 5.44. The molecule has 0 saturated carbocycles. The molecular weight excluding hydrogens is 415 g/mol. The number of hydrogen-bond donors (Lipinski definition) is 0. The predicted octanol–water partition coefficient (Wildman–Crippen LogP) is 5.10. The fourth-order valence-electron chi connectivity index (χ4n) is 2.46. The summed E-state index contributed by atoms with van der Waals surface area (Å²) in [6, 6.07) is 15.1. The van der Waals surface area contributed by atoms with E-state index in [9.17, 15) is 0 Å². The predicted molar refractivity (Wildman–Crippen MR) is 90.2 cm³/mol. The second-order valence-electron chi connectivity index (χ2n) is 4.92. The molecule has 3 heteroatoms. The van der Waals surface area contributed by atoms with E-state index in [-0.39, 0.29) is 4.83 Å². The van der Waals surface area contributed by atoms with Crippen LogP contribution in [0.15, 0.2) is 42.5 Å². The van der Waals surface area contributed by atoms with Gasteiger partial charge in [0.1, 0.15) is 11.9 Å². The lowest BCUT2D eigenvalue weighted by Crippen LogP contribution is -2.05. The number of ether oxygens (including phenoxy) is 1. The van der Waals surface area contributed by atoms with E-state index in [0.29, 0.717) is 6.10 Å². The van der Waals surface area contributed by atoms with Crippen molar-refractivity contribution in [3.05, 3.63) is 62.7 Å². The van der Waals surface area contributed by atoms with Crippen LogP contribution >= 0.6 is 38.5 Å². The Kier molecular flexibility index (Phi) is 3.85. The first kappa shape index (κ1) is 13.4. The van der Waals surface area contributed by atoms with E-state index >= 15 is 0 Å². The number of fused-ring (bicyclic) bond motifs is 1. The maximum absolute atomic E-state index is 5.75. The van der Waals surface area contributed by atoms with Gasteiger partial charge in [0, 0.05) is 9.99 Å². The van der Waals surface area contributed by atoms with Gasteiger partial charge in [0.25, 0.3) is 0 Å². The lowest BCUT2D eigenvalue weighted by atomic mass is 10.0. The quantitative estimate of drug-likeness (QED) is 0.477. The summed E-state index contributed by atoms with van der Waals surface area (Å²) in [5, 5.41) is 0. The van der Waals surface area contributed by atoms with Gasteiger partial charge in [-0.1, -0.05) is 40.2 Å². The molecule has 98 valence electrons. The highest BCUT2D eigenvalue weighted by atomic mass is 127. The van der Waals surface area contributed by atoms with Crippen molar-refractivity contribution in [3.8, 4) is 5.75 Å². The molecule has 2 aromatic rings. The van der Waals surface area contributed by atoms with Gasteiger partial charge in [0.15, 0.2) is 0 Å². The molecule has 2 atom stereocenters. The minimum Gasteiger partial charge on any atom is -0.490 e. The van der Waals surface area contributed by atoms with Gasteiger partial charge < -0.3 is 4.74 Å². The maximum atomic E-state index is 5.75. The summed E-state index contributed by atoms with van der Waals surface area (Å²) in [5.41, 5.74) is 3.90. The summed E-state index contributed by atoms with van der Waals surface area (Å²) in [5.74, 6) is 1.04. The van der Waals surface area contributed by atoms with Gasteiger partial charge in [-0.2, -0.15) is 0 Å². The van der Waals surface area contributed by atoms with Crippen LogP contribution < -0.4 is 4.74 Å². The van der Waals surface area contributed by atoms with E-state index < -0.39 is 0 Å². The first-order chi connectivity index (χ1) is 9.13. The molecule has 19 heavy (non-hydrogen) atoms. The molecule has 2 aromatic carbocycles. The first-order valence-electron chi connectivity index (χ1n) is 6.32. The largest absolute Gasteiger partial charge is 0.490 e. The summed E-state index contributed by atoms with van der Waals surface area (Å²) < 4.78 is 7.01. The summed E-state index contributed by atoms with van der Waals surface area (Å²) in [6.45, 7) is 2.12. The van der Waals surface area contributed by atoms with Gasteiger partial charge in [0.2, 0.25) is 0 Å². The number of halogens is 2. The number of rotatable bonds is 2. The minimum atomic E-state index is 0.239. The van der Waals surface area contributed by atoms with Gasteiger partial charge in [0.05, 0.1) is 4.83 Å². The topological polar surface area (TPSA) is 9.23 Å². The van der Waals surface area contributed by atoms with Gasteiger partial charge in [-0.3, -0.25) is 0 Å². The number of hydrogen-bond acceptors (Lipinski definition) is 1. The standard InChI is InChI=1S/C16H14BrIO/c1-10-7-13-8-12(5-6-15(13)19-10)16(17)11-3-2-4-14(18)9-11/h2-6,8-10,16H,7H2,1H3. The van der Waals surface area contributed by atoms with E-state index in [4.69, 9.17) is 4.74 Å². The third kappa shape index (κ3) is 2.82. The maximum Gasteiger partial charge on any atom is 0.123 e. The van der Waals surface area contributed by atoms with Crippen molar-refractivity contribution in [2.45, 2.75) is 24.3 Å². The Hall–Kier alpha value is -0.550. The van der Waals surface area contributed by atoms with Gasteiger partial charge in [-0.15, -0.1) is 0 Å². The third-order valence-corrected chi connectivity index (χ3v) is 5.08. The summed E-state index contributed by atoms with van der Waals surface area (Å²) in [6.07, 6.45) is 1.31. The highest BCUT2D eigenvalue weighted by molar-refractivity contribution is 14.1. The average Bonchev–Trinajstić information content (AvgIpc) is 2.76. The van der Waals surface area contributed by atoms with Crippen LogP contribution in [0.3, 0.4) is 0 Å². The highest BCUT2D eigenvalue weighted by Gasteiger charge is 2.20. The Labute approximate surface area is 135 Å². The smallest absolute Gasteiger partial charge is 0.123 e. The lowest BCUT2D eigenvalue weighted by Gasteiger charge is -2.12. The van der Waals surface area contributed by atoms with Crippen molar-refractivity contribution in [2.75, 3.05) is 0 Å². The van der Waals surface area contributed by atoms with Crippen LogP contribution in [0.2, 0.25) is 0 Å². The fraction of sp³-hybridized carbons (Fsp3) is 0.250. The van der Waals surface area contributed by atoms with Crippen LogP contribution in [0, 0.1) is 3.57 Å². The van der Waals surface area contributed by atoms with Gasteiger partial charge in [-0.05, 0) is 64.4 Å². The van der Waals surface area contributed by atoms with Crippen molar-refractivity contribution < 1.29 is 4.74 Å². The molecule has 0 radical (unpaired) electrons. The fourth-order valence-corrected chi connectivity index (χ4v) is 3.59. The molecule has 3 rings (SSSR count). The molecule has 1 nitrogen and oxygen atoms in total. The molecule has 1 heterocycles. The number of alkyl halides is 1. The van der Waals surface area contributed by atoms with Crippen LogP contribution in [0.5, 0.6) is 5.75 Å². The normalized spacial score (nSPS) is 18.8. The van der Waals surface area contributed by atoms with Crippen molar-refractivity contribution in [2.24, 2.45) is 0 Å². The molecule has 2 unspecified atom stereocenters. The molecule has 0 fully saturated rings. The molecular formula is C16H14BrIO. The highest BCUT2D eigenvalue weighted by Crippen LogP contribution is 2.36. The molecule has 0 bridgehead atoms. The minimum absolute atomic E-state index is 0.239. The van der Waals surface area contributed by atoms with Crippen molar-refractivity contribution >= 4 is 38.5 Å². The Morgan fingerprint density at radius 2 is 2.00 bits per heavy atom. The molecule has 1 aliphatic heterocycles. The van der Waals surface area contributed by atoms with Crippen molar-refractivity contribution in [1.29, 1.82) is 0 Å². The van der Waals surface area contributed by atoms with E-state index in [1.54, 1.807) is 0 Å². The average molecular weight is 429 g/mol. The monoisotopic (exact) mass is 428 g/mol. The van der Waals surface area contributed by atoms with Crippen molar-refractivity contribution in [3.63, 3.8) is 0 Å². The summed E-state index contributed by atoms with van der Waals surface area (Å²) in [7, 11) is 0. The Morgan fingerprint density at radius 1 is 1.21 bits per heavy atom. The van der Waals surface area contributed by atoms with E-state index in [1.165, 1.54) is 20.3 Å². The molecule has 0 aliphatic carbocycles. The number of benzene rings is 2. The Bertz CT molecular complexity index is 611. The SMILES string of the molecule is CC1Cc2cc(C(Br)c3cccc(I)c3)ccc2O1. The van der Waals surface area contributed by atoms with Crippen LogP contribution in [0.25, 0.3) is 0 Å². The van der Waals surface area contributed by atoms with E-state index in [2.05, 4.69) is 87.9 Å². The zero-order chi connectivity index (χ0) is 13.4. The summed E-state index contributed by atoms with van der Waals surface area (Å²) in [4.78, 5) is 0.239. The molecule has 0 saturated heterocycles. The Balaban J connectivity index is 1.93. The molecule has 0 N–H and O–H groups in total. The van der Waals surface area contributed by atoms with Crippen LogP contribution in [-0.4, -0.2) is 6.10 Å². The molecule has 0 spiro atoms. The lowest BCUT2D eigenvalue weighted by molar-refractivity contribution is 0.254. The molecule has 1 aliphatic rings. The molecule has 0 aromatic heterocycles. The summed E-state index contributed by atoms with van der Waals surface area (Å²) >= 11 is 6.16. The molecule has 0 amide bonds. The van der Waals surface area contributed by atoms with E-state index in [1.807, 2.05) is 0 Å². The zero-order valence-corrected chi connectivity index (χ0v) is 14.3. The second-order valence-corrected chi connectivity index (χ2v) is 7.08. The van der Waals surface area contributed by atoms with Crippen LogP contribution in [0.1, 0.15) is 28.4 Å².